The topological polar surface area (TPSA) is 139 Å². The molecule has 3 atom stereocenters. The van der Waals surface area contributed by atoms with Crippen molar-refractivity contribution in [3.8, 4) is 0 Å². The Morgan fingerprint density at radius 3 is 2.22 bits per heavy atom. The molecule has 0 bridgehead atoms. The summed E-state index contributed by atoms with van der Waals surface area (Å²) in [5, 5.41) is 18.0. The number of nitrogens with zero attached hydrogens (tertiary/aromatic N) is 1. The monoisotopic (exact) mass is 279 g/mol. The maximum atomic E-state index is 11.1. The van der Waals surface area contributed by atoms with Gasteiger partial charge in [-0.15, -0.1) is 12.4 Å². The second-order valence-corrected chi connectivity index (χ2v) is 4.32. The van der Waals surface area contributed by atoms with Crippen LogP contribution in [0.4, 0.5) is 0 Å². The van der Waals surface area contributed by atoms with Crippen LogP contribution in [0.25, 0.3) is 0 Å². The molecule has 0 radical (unpaired) electrons. The number of carbonyl (C=O) groups is 2. The fourth-order valence-corrected chi connectivity index (χ4v) is 2.20. The Hall–Kier alpha value is -1.50. The Balaban J connectivity index is 0.00000289. The van der Waals surface area contributed by atoms with Crippen LogP contribution in [-0.2, 0) is 9.59 Å². The summed E-state index contributed by atoms with van der Waals surface area (Å²) in [6, 6.07) is 0. The van der Waals surface area contributed by atoms with Crippen molar-refractivity contribution in [1.29, 1.82) is 0 Å². The van der Waals surface area contributed by atoms with Crippen LogP contribution in [0.2, 0.25) is 0 Å². The van der Waals surface area contributed by atoms with Gasteiger partial charge in [0.25, 0.3) is 0 Å². The Morgan fingerprint density at radius 2 is 1.78 bits per heavy atom. The lowest BCUT2D eigenvalue weighted by Crippen LogP contribution is -2.36. The molecule has 0 saturated heterocycles. The summed E-state index contributed by atoms with van der Waals surface area (Å²) >= 11 is 0. The van der Waals surface area contributed by atoms with E-state index in [1.54, 1.807) is 0 Å². The lowest BCUT2D eigenvalue weighted by Gasteiger charge is -2.30. The minimum absolute atomic E-state index is 0. The highest BCUT2D eigenvalue weighted by Crippen LogP contribution is 2.34. The SMILES string of the molecule is Cl.NC(N)=NCC1CCC(C(=O)O)CC1C(=O)O. The van der Waals surface area contributed by atoms with Crippen LogP contribution in [0.1, 0.15) is 19.3 Å². The van der Waals surface area contributed by atoms with Crippen molar-refractivity contribution in [1.82, 2.24) is 0 Å². The first-order chi connectivity index (χ1) is 7.91. The molecule has 104 valence electrons. The zero-order valence-corrected chi connectivity index (χ0v) is 10.6. The molecule has 3 unspecified atom stereocenters. The lowest BCUT2D eigenvalue weighted by atomic mass is 9.74. The van der Waals surface area contributed by atoms with E-state index in [9.17, 15) is 9.59 Å². The van der Waals surface area contributed by atoms with E-state index in [4.69, 9.17) is 21.7 Å². The second kappa shape index (κ2) is 7.05. The first-order valence-electron chi connectivity index (χ1n) is 5.42. The van der Waals surface area contributed by atoms with Crippen molar-refractivity contribution in [2.45, 2.75) is 19.3 Å². The predicted molar refractivity (Wildman–Crippen MR) is 67.5 cm³/mol. The summed E-state index contributed by atoms with van der Waals surface area (Å²) in [5.74, 6) is -3.44. The van der Waals surface area contributed by atoms with E-state index in [1.165, 1.54) is 0 Å². The van der Waals surface area contributed by atoms with Gasteiger partial charge in [-0.1, -0.05) is 0 Å². The zero-order valence-electron chi connectivity index (χ0n) is 9.78. The first-order valence-corrected chi connectivity index (χ1v) is 5.42. The molecule has 7 nitrogen and oxygen atoms in total. The molecule has 0 aliphatic heterocycles. The van der Waals surface area contributed by atoms with Crippen LogP contribution >= 0.6 is 12.4 Å². The van der Waals surface area contributed by atoms with Gasteiger partial charge in [0.05, 0.1) is 11.8 Å². The van der Waals surface area contributed by atoms with E-state index in [0.717, 1.165) is 0 Å². The molecular weight excluding hydrogens is 262 g/mol. The van der Waals surface area contributed by atoms with Gasteiger partial charge in [0.1, 0.15) is 0 Å². The van der Waals surface area contributed by atoms with Crippen LogP contribution in [0.5, 0.6) is 0 Å². The third-order valence-corrected chi connectivity index (χ3v) is 3.17. The van der Waals surface area contributed by atoms with Gasteiger partial charge < -0.3 is 21.7 Å². The highest BCUT2D eigenvalue weighted by atomic mass is 35.5. The normalized spacial score (nSPS) is 26.8. The quantitative estimate of drug-likeness (QED) is 0.418. The largest absolute Gasteiger partial charge is 0.481 e. The van der Waals surface area contributed by atoms with Crippen molar-refractivity contribution >= 4 is 30.3 Å². The van der Waals surface area contributed by atoms with Crippen molar-refractivity contribution in [3.05, 3.63) is 0 Å². The number of nitrogens with two attached hydrogens (primary N) is 2. The van der Waals surface area contributed by atoms with Gasteiger partial charge in [0, 0.05) is 6.54 Å². The maximum absolute atomic E-state index is 11.1. The van der Waals surface area contributed by atoms with Crippen LogP contribution in [0, 0.1) is 17.8 Å². The molecule has 1 rings (SSSR count). The van der Waals surface area contributed by atoms with Gasteiger partial charge in [-0.3, -0.25) is 14.6 Å². The van der Waals surface area contributed by atoms with Gasteiger partial charge in [-0.25, -0.2) is 0 Å². The molecule has 0 aromatic heterocycles. The predicted octanol–water partition coefficient (Wildman–Crippen LogP) is -0.117. The third-order valence-electron chi connectivity index (χ3n) is 3.17. The van der Waals surface area contributed by atoms with Gasteiger partial charge in [0.15, 0.2) is 5.96 Å². The molecule has 0 spiro atoms. The molecule has 0 aromatic rings. The molecule has 8 heteroatoms. The molecule has 1 saturated carbocycles. The lowest BCUT2D eigenvalue weighted by molar-refractivity contribution is -0.149. The minimum Gasteiger partial charge on any atom is -0.481 e. The van der Waals surface area contributed by atoms with Gasteiger partial charge in [-0.2, -0.15) is 0 Å². The number of aliphatic carboxylic acids is 2. The van der Waals surface area contributed by atoms with Crippen molar-refractivity contribution < 1.29 is 19.8 Å². The number of halogens is 1. The molecule has 1 aliphatic carbocycles. The van der Waals surface area contributed by atoms with E-state index in [0.29, 0.717) is 12.8 Å². The van der Waals surface area contributed by atoms with E-state index in [2.05, 4.69) is 4.99 Å². The average Bonchev–Trinajstić information content (AvgIpc) is 2.25. The summed E-state index contributed by atoms with van der Waals surface area (Å²) < 4.78 is 0. The van der Waals surface area contributed by atoms with Crippen molar-refractivity contribution in [3.63, 3.8) is 0 Å². The number of hydrogen-bond donors (Lipinski definition) is 4. The first kappa shape index (κ1) is 16.5. The van der Waals surface area contributed by atoms with E-state index >= 15 is 0 Å². The van der Waals surface area contributed by atoms with Gasteiger partial charge in [0.2, 0.25) is 0 Å². The molecule has 1 fully saturated rings. The van der Waals surface area contributed by atoms with E-state index < -0.39 is 23.8 Å². The highest BCUT2D eigenvalue weighted by molar-refractivity contribution is 5.85. The van der Waals surface area contributed by atoms with Crippen LogP contribution in [-0.4, -0.2) is 34.7 Å². The Bertz CT molecular complexity index is 344. The molecule has 0 heterocycles. The zero-order chi connectivity index (χ0) is 13.0. The summed E-state index contributed by atoms with van der Waals surface area (Å²) in [7, 11) is 0. The smallest absolute Gasteiger partial charge is 0.306 e. The molecule has 18 heavy (non-hydrogen) atoms. The average molecular weight is 280 g/mol. The molecule has 0 amide bonds. The summed E-state index contributed by atoms with van der Waals surface area (Å²) in [4.78, 5) is 25.7. The fraction of sp³-hybridized carbons (Fsp3) is 0.700. The molecule has 6 N–H and O–H groups in total. The molecule has 1 aliphatic rings. The number of guanidine groups is 1. The summed E-state index contributed by atoms with van der Waals surface area (Å²) in [6.07, 6.45) is 1.14. The standard InChI is InChI=1S/C10H17N3O4.ClH/c11-10(12)13-4-6-2-1-5(8(14)15)3-7(6)9(16)17;/h5-7H,1-4H2,(H,14,15)(H,16,17)(H4,11,12,13);1H. The van der Waals surface area contributed by atoms with E-state index in [-0.39, 0.29) is 37.3 Å². The van der Waals surface area contributed by atoms with Crippen LogP contribution in [0.3, 0.4) is 0 Å². The fourth-order valence-electron chi connectivity index (χ4n) is 2.20. The maximum Gasteiger partial charge on any atom is 0.306 e. The molecular formula is C10H18ClN3O4. The van der Waals surface area contributed by atoms with E-state index in [1.807, 2.05) is 0 Å². The number of aliphatic imine (C=N–C) groups is 1. The van der Waals surface area contributed by atoms with Crippen LogP contribution in [0.15, 0.2) is 4.99 Å². The van der Waals surface area contributed by atoms with Gasteiger partial charge >= 0.3 is 11.9 Å². The highest BCUT2D eigenvalue weighted by Gasteiger charge is 2.37. The summed E-state index contributed by atoms with van der Waals surface area (Å²) in [6.45, 7) is 0.242. The van der Waals surface area contributed by atoms with Crippen molar-refractivity contribution in [2.75, 3.05) is 6.54 Å². The number of carboxylic acid groups (broad SMARTS) is 2. The minimum atomic E-state index is -0.980. The number of hydrogen-bond acceptors (Lipinski definition) is 3. The molecule has 0 aromatic carbocycles. The van der Waals surface area contributed by atoms with Gasteiger partial charge in [-0.05, 0) is 25.2 Å². The van der Waals surface area contributed by atoms with Crippen molar-refractivity contribution in [2.24, 2.45) is 34.2 Å². The van der Waals surface area contributed by atoms with Crippen LogP contribution < -0.4 is 11.5 Å². The Kier molecular flexibility index (Phi) is 6.46. The third kappa shape index (κ3) is 4.40. The Labute approximate surface area is 111 Å². The Morgan fingerprint density at radius 1 is 1.17 bits per heavy atom. The number of rotatable bonds is 4. The second-order valence-electron chi connectivity index (χ2n) is 4.32. The summed E-state index contributed by atoms with van der Waals surface area (Å²) in [5.41, 5.74) is 10.4. The number of carboxylic acids is 2.